The summed E-state index contributed by atoms with van der Waals surface area (Å²) < 4.78 is 56.3. The fourth-order valence-corrected chi connectivity index (χ4v) is 5.26. The Kier molecular flexibility index (Phi) is 7.96. The van der Waals surface area contributed by atoms with E-state index < -0.39 is 29.5 Å². The van der Waals surface area contributed by atoms with Gasteiger partial charge >= 0.3 is 6.18 Å². The number of alkyl halides is 3. The number of fused-ring (bicyclic) bond motifs is 2. The number of likely N-dealkylation sites (N-methyl/N-ethyl adjacent to an activating group) is 1. The Morgan fingerprint density at radius 2 is 1.86 bits per heavy atom. The topological polar surface area (TPSA) is 80.1 Å². The van der Waals surface area contributed by atoms with Crippen LogP contribution in [0.2, 0.25) is 0 Å². The first-order valence-corrected chi connectivity index (χ1v) is 13.4. The normalized spacial score (nSPS) is 15.3. The molecule has 0 aliphatic carbocycles. The summed E-state index contributed by atoms with van der Waals surface area (Å²) in [5.74, 6) is -2.15. The minimum absolute atomic E-state index is 0.0129. The zero-order valence-corrected chi connectivity index (χ0v) is 23.3. The summed E-state index contributed by atoms with van der Waals surface area (Å²) in [6.45, 7) is 2.75. The van der Waals surface area contributed by atoms with Gasteiger partial charge < -0.3 is 10.2 Å². The van der Waals surface area contributed by atoms with E-state index in [9.17, 15) is 27.2 Å². The van der Waals surface area contributed by atoms with Crippen LogP contribution in [0.15, 0.2) is 72.1 Å². The number of pyridine rings is 1. The molecule has 1 amide bonds. The molecule has 5 rings (SSSR count). The molecule has 1 aliphatic heterocycles. The van der Waals surface area contributed by atoms with Gasteiger partial charge in [0.1, 0.15) is 17.6 Å². The molecule has 0 bridgehead atoms. The van der Waals surface area contributed by atoms with Crippen LogP contribution in [0.25, 0.3) is 10.8 Å². The van der Waals surface area contributed by atoms with Crippen LogP contribution in [-0.2, 0) is 23.8 Å². The molecule has 42 heavy (non-hydrogen) atoms. The first-order valence-electron chi connectivity index (χ1n) is 13.4. The SMILES string of the molecule is CC1=C(C(=O)Cc2ccc3cnccc3c2)C(c2ccc(C(F)(F)F)c(F)c2)n2nc(C(=O)NCCN(C)C)cc2C1. The summed E-state index contributed by atoms with van der Waals surface area (Å²) in [6.07, 6.45) is -1.19. The Morgan fingerprint density at radius 1 is 1.07 bits per heavy atom. The molecule has 1 aliphatic rings. The van der Waals surface area contributed by atoms with E-state index in [4.69, 9.17) is 0 Å². The number of hydrogen-bond acceptors (Lipinski definition) is 5. The van der Waals surface area contributed by atoms with E-state index in [0.29, 0.717) is 42.4 Å². The maximum absolute atomic E-state index is 14.8. The van der Waals surface area contributed by atoms with Crippen LogP contribution in [0.5, 0.6) is 0 Å². The lowest BCUT2D eigenvalue weighted by Crippen LogP contribution is -2.32. The molecule has 0 spiro atoms. The standard InChI is InChI=1S/C31H29F4N5O2/c1-18-12-23-16-26(30(42)37-10-11-39(2)3)38-40(23)29(21-6-7-24(25(32)15-21)31(33,34)35)28(18)27(41)14-19-4-5-22-17-36-9-8-20(22)13-19/h4-9,13,15-17,29H,10-12,14H2,1-3H3,(H,37,42). The number of carbonyl (C=O) groups excluding carboxylic acids is 2. The lowest BCUT2D eigenvalue weighted by molar-refractivity contribution is -0.140. The number of aromatic nitrogens is 3. The van der Waals surface area contributed by atoms with Crippen LogP contribution in [-0.4, -0.2) is 58.5 Å². The molecule has 11 heteroatoms. The molecule has 0 saturated carbocycles. The monoisotopic (exact) mass is 579 g/mol. The zero-order valence-electron chi connectivity index (χ0n) is 23.3. The van der Waals surface area contributed by atoms with Crippen LogP contribution in [0, 0.1) is 5.82 Å². The third-order valence-corrected chi connectivity index (χ3v) is 7.30. The number of amides is 1. The van der Waals surface area contributed by atoms with Gasteiger partial charge in [-0.25, -0.2) is 4.39 Å². The van der Waals surface area contributed by atoms with E-state index in [2.05, 4.69) is 15.4 Å². The van der Waals surface area contributed by atoms with Crippen molar-refractivity contribution >= 4 is 22.5 Å². The van der Waals surface area contributed by atoms with Crippen molar-refractivity contribution in [2.24, 2.45) is 0 Å². The van der Waals surface area contributed by atoms with Crippen molar-refractivity contribution in [3.8, 4) is 0 Å². The van der Waals surface area contributed by atoms with Crippen LogP contribution < -0.4 is 5.32 Å². The number of Topliss-reactive ketones (excluding diaryl/α,β-unsaturated/α-hetero) is 1. The van der Waals surface area contributed by atoms with Gasteiger partial charge in [-0.3, -0.25) is 19.3 Å². The lowest BCUT2D eigenvalue weighted by atomic mass is 9.85. The highest BCUT2D eigenvalue weighted by molar-refractivity contribution is 6.00. The molecule has 2 aromatic heterocycles. The first kappa shape index (κ1) is 29.1. The second-order valence-corrected chi connectivity index (χ2v) is 10.7. The summed E-state index contributed by atoms with van der Waals surface area (Å²) in [6, 6.07) is 10.6. The number of benzene rings is 2. The fraction of sp³-hybridized carbons (Fsp3) is 0.290. The molecule has 218 valence electrons. The van der Waals surface area contributed by atoms with Gasteiger partial charge in [-0.1, -0.05) is 29.8 Å². The molecule has 3 heterocycles. The van der Waals surface area contributed by atoms with E-state index in [0.717, 1.165) is 28.5 Å². The van der Waals surface area contributed by atoms with Crippen molar-refractivity contribution in [1.29, 1.82) is 0 Å². The third-order valence-electron chi connectivity index (χ3n) is 7.30. The van der Waals surface area contributed by atoms with Crippen LogP contribution in [0.3, 0.4) is 0 Å². The van der Waals surface area contributed by atoms with Gasteiger partial charge in [-0.05, 0) is 61.8 Å². The zero-order chi connectivity index (χ0) is 30.2. The van der Waals surface area contributed by atoms with E-state index in [-0.39, 0.29) is 23.5 Å². The number of ketones is 1. The molecule has 1 N–H and O–H groups in total. The van der Waals surface area contributed by atoms with Gasteiger partial charge in [0.15, 0.2) is 5.78 Å². The molecule has 2 aromatic carbocycles. The number of nitrogens with zero attached hydrogens (tertiary/aromatic N) is 4. The van der Waals surface area contributed by atoms with Crippen molar-refractivity contribution in [1.82, 2.24) is 25.0 Å². The predicted octanol–water partition coefficient (Wildman–Crippen LogP) is 5.15. The summed E-state index contributed by atoms with van der Waals surface area (Å²) in [5.41, 5.74) is 1.13. The summed E-state index contributed by atoms with van der Waals surface area (Å²) >= 11 is 0. The maximum atomic E-state index is 14.8. The smallest absolute Gasteiger partial charge is 0.349 e. The molecular weight excluding hydrogens is 550 g/mol. The summed E-state index contributed by atoms with van der Waals surface area (Å²) in [4.78, 5) is 32.8. The van der Waals surface area contributed by atoms with Crippen molar-refractivity contribution in [2.75, 3.05) is 27.2 Å². The average Bonchev–Trinajstić information content (AvgIpc) is 3.35. The molecule has 0 saturated heterocycles. The molecule has 1 atom stereocenters. The van der Waals surface area contributed by atoms with Crippen molar-refractivity contribution in [2.45, 2.75) is 32.0 Å². The van der Waals surface area contributed by atoms with E-state index in [1.807, 2.05) is 43.3 Å². The number of hydrogen-bond donors (Lipinski definition) is 1. The van der Waals surface area contributed by atoms with Gasteiger partial charge in [0, 0.05) is 55.0 Å². The maximum Gasteiger partial charge on any atom is 0.419 e. The van der Waals surface area contributed by atoms with E-state index in [1.165, 1.54) is 4.68 Å². The minimum Gasteiger partial charge on any atom is -0.349 e. The minimum atomic E-state index is -4.88. The highest BCUT2D eigenvalue weighted by Crippen LogP contribution is 2.39. The molecule has 0 radical (unpaired) electrons. The molecule has 0 fully saturated rings. The predicted molar refractivity (Wildman–Crippen MR) is 150 cm³/mol. The molecule has 1 unspecified atom stereocenters. The molecule has 4 aromatic rings. The van der Waals surface area contributed by atoms with E-state index >= 15 is 0 Å². The van der Waals surface area contributed by atoms with Crippen molar-refractivity contribution < 1.29 is 27.2 Å². The second-order valence-electron chi connectivity index (χ2n) is 10.7. The third kappa shape index (κ3) is 5.96. The Bertz CT molecular complexity index is 1710. The van der Waals surface area contributed by atoms with E-state index in [1.54, 1.807) is 25.4 Å². The van der Waals surface area contributed by atoms with Gasteiger partial charge in [0.05, 0.1) is 5.56 Å². The largest absolute Gasteiger partial charge is 0.419 e. The Labute approximate surface area is 239 Å². The molecular formula is C31H29F4N5O2. The molecule has 7 nitrogen and oxygen atoms in total. The van der Waals surface area contributed by atoms with Gasteiger partial charge in [-0.2, -0.15) is 18.3 Å². The Balaban J connectivity index is 1.54. The van der Waals surface area contributed by atoms with Crippen LogP contribution in [0.4, 0.5) is 17.6 Å². The highest BCUT2D eigenvalue weighted by atomic mass is 19.4. The number of halogens is 4. The quantitative estimate of drug-likeness (QED) is 0.292. The lowest BCUT2D eigenvalue weighted by Gasteiger charge is -2.29. The Morgan fingerprint density at radius 3 is 2.57 bits per heavy atom. The number of nitrogens with one attached hydrogen (secondary N) is 1. The van der Waals surface area contributed by atoms with Gasteiger partial charge in [0.25, 0.3) is 5.91 Å². The van der Waals surface area contributed by atoms with Crippen LogP contribution >= 0.6 is 0 Å². The first-order chi connectivity index (χ1) is 19.9. The second kappa shape index (κ2) is 11.5. The fourth-order valence-electron chi connectivity index (χ4n) is 5.26. The average molecular weight is 580 g/mol. The van der Waals surface area contributed by atoms with Gasteiger partial charge in [-0.15, -0.1) is 0 Å². The number of rotatable bonds is 8. The van der Waals surface area contributed by atoms with Gasteiger partial charge in [0.2, 0.25) is 0 Å². The summed E-state index contributed by atoms with van der Waals surface area (Å²) in [5, 5.41) is 9.09. The summed E-state index contributed by atoms with van der Waals surface area (Å²) in [7, 11) is 3.74. The van der Waals surface area contributed by atoms with Crippen LogP contribution in [0.1, 0.15) is 45.8 Å². The van der Waals surface area contributed by atoms with Crippen molar-refractivity contribution in [3.05, 3.63) is 106 Å². The number of carbonyl (C=O) groups is 2. The van der Waals surface area contributed by atoms with Crippen molar-refractivity contribution in [3.63, 3.8) is 0 Å². The Hall–Kier alpha value is -4.38. The number of allylic oxidation sites excluding steroid dienone is 2. The highest BCUT2D eigenvalue weighted by Gasteiger charge is 2.37.